The number of methoxy groups -OCH3 is 1. The van der Waals surface area contributed by atoms with Crippen molar-refractivity contribution in [2.45, 2.75) is 97.7 Å². The molecule has 11 heteroatoms. The maximum Gasteiger partial charge on any atom is 0.508 e. The number of carbonyl (C=O) groups excluding carboxylic acids is 4. The first kappa shape index (κ1) is 42.3. The van der Waals surface area contributed by atoms with E-state index in [1.54, 1.807) is 7.11 Å². The molecule has 3 fully saturated rings. The molecule has 2 aromatic rings. The number of cyclic esters (lactones) is 3. The molecule has 2 heterocycles. The summed E-state index contributed by atoms with van der Waals surface area (Å²) in [6, 6.07) is 17.2. The van der Waals surface area contributed by atoms with Gasteiger partial charge in [-0.1, -0.05) is 52.0 Å². The summed E-state index contributed by atoms with van der Waals surface area (Å²) in [5.74, 6) is 0.872. The lowest BCUT2D eigenvalue weighted by molar-refractivity contribution is -0.138. The first-order chi connectivity index (χ1) is 25.4. The van der Waals surface area contributed by atoms with Gasteiger partial charge in [-0.2, -0.15) is 0 Å². The fraction of sp³-hybridized carbons (Fsp3) is 0.610. The van der Waals surface area contributed by atoms with Crippen LogP contribution in [-0.2, 0) is 44.5 Å². The van der Waals surface area contributed by atoms with Gasteiger partial charge in [0.15, 0.2) is 0 Å². The van der Waals surface area contributed by atoms with Crippen LogP contribution in [0, 0.1) is 11.8 Å². The third-order valence-corrected chi connectivity index (χ3v) is 9.60. The first-order valence-corrected chi connectivity index (χ1v) is 19.1. The number of hydrogen-bond acceptors (Lipinski definition) is 11. The summed E-state index contributed by atoms with van der Waals surface area (Å²) in [7, 11) is 1.60. The number of ether oxygens (including phenoxy) is 5. The Hall–Kier alpha value is -4.12. The average molecular weight is 725 g/mol. The van der Waals surface area contributed by atoms with Gasteiger partial charge in [-0.05, 0) is 67.0 Å². The van der Waals surface area contributed by atoms with Crippen LogP contribution in [0.4, 0.5) is 16.2 Å². The lowest BCUT2D eigenvalue weighted by Gasteiger charge is -2.28. The predicted molar refractivity (Wildman–Crippen MR) is 202 cm³/mol. The minimum atomic E-state index is -0.611. The maximum absolute atomic E-state index is 11.8. The van der Waals surface area contributed by atoms with Crippen LogP contribution in [0.1, 0.15) is 90.2 Å². The number of esters is 1. The lowest BCUT2D eigenvalue weighted by atomic mass is 10.0. The van der Waals surface area contributed by atoms with E-state index in [9.17, 15) is 19.2 Å². The van der Waals surface area contributed by atoms with Gasteiger partial charge in [0.05, 0.1) is 19.6 Å². The van der Waals surface area contributed by atoms with E-state index >= 15 is 0 Å². The molecule has 3 aliphatic rings. The summed E-state index contributed by atoms with van der Waals surface area (Å²) < 4.78 is 25.8. The zero-order valence-corrected chi connectivity index (χ0v) is 31.9. The SMILES string of the molecule is CC.CC.COCC(CCN(CCC1CCC(=O)C1)c1ccc(Cc2ccc(N(CCC3COC(=O)C3)CCC3COC(=O)O3)cc2)cc1)OC=O. The van der Waals surface area contributed by atoms with Gasteiger partial charge in [-0.25, -0.2) is 4.79 Å². The predicted octanol–water partition coefficient (Wildman–Crippen LogP) is 7.16. The van der Waals surface area contributed by atoms with E-state index in [0.717, 1.165) is 50.1 Å². The molecule has 4 unspecified atom stereocenters. The quantitative estimate of drug-likeness (QED) is 0.0786. The number of ketones is 1. The topological polar surface area (TPSA) is 121 Å². The summed E-state index contributed by atoms with van der Waals surface area (Å²) in [6.07, 6.45) is 5.49. The molecule has 2 aliphatic heterocycles. The Morgan fingerprint density at radius 1 is 0.769 bits per heavy atom. The van der Waals surface area contributed by atoms with Gasteiger partial charge in [0.2, 0.25) is 0 Å². The molecule has 0 N–H and O–H groups in total. The van der Waals surface area contributed by atoms with E-state index < -0.39 is 6.16 Å². The van der Waals surface area contributed by atoms with E-state index in [4.69, 9.17) is 23.7 Å². The Bertz CT molecular complexity index is 1320. The number of carbonyl (C=O) groups is 4. The van der Waals surface area contributed by atoms with Gasteiger partial charge < -0.3 is 33.5 Å². The molecule has 2 saturated heterocycles. The van der Waals surface area contributed by atoms with E-state index in [0.29, 0.717) is 76.6 Å². The van der Waals surface area contributed by atoms with Gasteiger partial charge >= 0.3 is 12.1 Å². The van der Waals surface area contributed by atoms with Gasteiger partial charge in [0.25, 0.3) is 6.47 Å². The smallest absolute Gasteiger partial charge is 0.465 e. The van der Waals surface area contributed by atoms with Crippen LogP contribution in [0.2, 0.25) is 0 Å². The summed E-state index contributed by atoms with van der Waals surface area (Å²) in [4.78, 5) is 50.4. The highest BCUT2D eigenvalue weighted by Crippen LogP contribution is 2.28. The van der Waals surface area contributed by atoms with Crippen molar-refractivity contribution in [1.82, 2.24) is 0 Å². The fourth-order valence-corrected chi connectivity index (χ4v) is 6.75. The van der Waals surface area contributed by atoms with Crippen molar-refractivity contribution in [1.29, 1.82) is 0 Å². The van der Waals surface area contributed by atoms with Gasteiger partial charge in [0, 0.05) is 76.3 Å². The van der Waals surface area contributed by atoms with Crippen LogP contribution in [0.15, 0.2) is 48.5 Å². The fourth-order valence-electron chi connectivity index (χ4n) is 6.75. The molecular formula is C41H60N2O9. The van der Waals surface area contributed by atoms with Crippen molar-refractivity contribution in [3.63, 3.8) is 0 Å². The van der Waals surface area contributed by atoms with Crippen molar-refractivity contribution in [2.24, 2.45) is 11.8 Å². The van der Waals surface area contributed by atoms with E-state index in [1.807, 2.05) is 27.7 Å². The molecule has 0 radical (unpaired) electrons. The van der Waals surface area contributed by atoms with Gasteiger partial charge in [-0.15, -0.1) is 0 Å². The molecule has 2 aromatic carbocycles. The van der Waals surface area contributed by atoms with Crippen LogP contribution < -0.4 is 9.80 Å². The number of Topliss-reactive ketones (excluding diaryl/α,β-unsaturated/α-hetero) is 1. The van der Waals surface area contributed by atoms with Crippen molar-refractivity contribution in [3.8, 4) is 0 Å². The summed E-state index contributed by atoms with van der Waals surface area (Å²) >= 11 is 0. The van der Waals surface area contributed by atoms with E-state index in [-0.39, 0.29) is 30.7 Å². The number of benzene rings is 2. The third-order valence-electron chi connectivity index (χ3n) is 9.60. The van der Waals surface area contributed by atoms with E-state index in [2.05, 4.69) is 58.3 Å². The highest BCUT2D eigenvalue weighted by atomic mass is 16.8. The summed E-state index contributed by atoms with van der Waals surface area (Å²) in [5, 5.41) is 0. The van der Waals surface area contributed by atoms with E-state index in [1.165, 1.54) is 11.1 Å². The Morgan fingerprint density at radius 3 is 1.87 bits per heavy atom. The molecule has 0 bridgehead atoms. The normalized spacial score (nSPS) is 19.6. The number of hydrogen-bond donors (Lipinski definition) is 0. The second kappa shape index (κ2) is 23.4. The molecule has 52 heavy (non-hydrogen) atoms. The zero-order valence-electron chi connectivity index (χ0n) is 31.9. The Balaban J connectivity index is 0.00000176. The highest BCUT2D eigenvalue weighted by molar-refractivity contribution is 5.80. The number of nitrogens with zero attached hydrogens (tertiary/aromatic N) is 2. The molecule has 288 valence electrons. The second-order valence-electron chi connectivity index (χ2n) is 13.1. The lowest BCUT2D eigenvalue weighted by Crippen LogP contribution is -2.31. The molecule has 1 aliphatic carbocycles. The van der Waals surface area contributed by atoms with Crippen molar-refractivity contribution in [2.75, 3.05) is 62.9 Å². The van der Waals surface area contributed by atoms with Crippen LogP contribution in [0.25, 0.3) is 0 Å². The first-order valence-electron chi connectivity index (χ1n) is 19.1. The maximum atomic E-state index is 11.8. The number of rotatable bonds is 20. The molecule has 1 saturated carbocycles. The Morgan fingerprint density at radius 2 is 1.37 bits per heavy atom. The Kier molecular flexibility index (Phi) is 19.1. The average Bonchev–Trinajstić information content (AvgIpc) is 3.91. The summed E-state index contributed by atoms with van der Waals surface area (Å²) in [5.41, 5.74) is 4.56. The van der Waals surface area contributed by atoms with Crippen LogP contribution in [-0.4, -0.2) is 89.7 Å². The zero-order chi connectivity index (χ0) is 37.7. The number of anilines is 2. The Labute approximate surface area is 310 Å². The van der Waals surface area contributed by atoms with Crippen LogP contribution >= 0.6 is 0 Å². The standard InChI is InChI=1S/C37H48N2O9.2C2H6/c1-44-24-34(47-26-40)14-18-38(16-12-29-6-11-33(41)21-29)31-7-2-27(3-8-31)20-28-4-9-32(10-5-28)39(17-13-30-22-36(42)45-23-30)19-15-35-25-46-37(43)48-35;2*1-2/h2-5,7-10,26,29-30,34-35H,6,11-25H2,1H3;2*1-2H3. The van der Waals surface area contributed by atoms with Gasteiger partial charge in [0.1, 0.15) is 24.6 Å². The van der Waals surface area contributed by atoms with Crippen LogP contribution in [0.3, 0.4) is 0 Å². The van der Waals surface area contributed by atoms with Crippen molar-refractivity contribution < 1.29 is 42.9 Å². The molecule has 11 nitrogen and oxygen atoms in total. The largest absolute Gasteiger partial charge is 0.508 e. The molecule has 4 atom stereocenters. The minimum absolute atomic E-state index is 0.131. The van der Waals surface area contributed by atoms with Gasteiger partial charge in [-0.3, -0.25) is 14.4 Å². The second-order valence-corrected chi connectivity index (χ2v) is 13.1. The van der Waals surface area contributed by atoms with Crippen molar-refractivity contribution >= 4 is 35.8 Å². The van der Waals surface area contributed by atoms with Crippen LogP contribution in [0.5, 0.6) is 0 Å². The summed E-state index contributed by atoms with van der Waals surface area (Å²) in [6.45, 7) is 12.6. The highest BCUT2D eigenvalue weighted by Gasteiger charge is 2.27. The molecule has 0 spiro atoms. The monoisotopic (exact) mass is 724 g/mol. The molecule has 0 amide bonds. The third kappa shape index (κ3) is 14.1. The molecule has 5 rings (SSSR count). The van der Waals surface area contributed by atoms with Crippen molar-refractivity contribution in [3.05, 3.63) is 59.7 Å². The molecular weight excluding hydrogens is 664 g/mol. The molecule has 0 aromatic heterocycles. The minimum Gasteiger partial charge on any atom is -0.465 e.